The van der Waals surface area contributed by atoms with Gasteiger partial charge in [-0.1, -0.05) is 6.07 Å². The first-order valence-corrected chi connectivity index (χ1v) is 7.15. The number of nitrogens with one attached hydrogen (secondary N) is 1. The van der Waals surface area contributed by atoms with Crippen LogP contribution in [-0.4, -0.2) is 44.2 Å². The Hall–Kier alpha value is -0.910. The van der Waals surface area contributed by atoms with Gasteiger partial charge < -0.3 is 15.0 Å². The number of thiophene rings is 1. The molecule has 0 spiro atoms. The van der Waals surface area contributed by atoms with Gasteiger partial charge in [0, 0.05) is 18.0 Å². The molecule has 1 aromatic heterocycles. The maximum Gasteiger partial charge on any atom is 0.249 e. The van der Waals surface area contributed by atoms with Crippen molar-refractivity contribution in [3.05, 3.63) is 22.4 Å². The molecule has 0 aliphatic carbocycles. The molecule has 2 heterocycles. The fraction of sp³-hybridized carbons (Fsp3) is 0.615. The van der Waals surface area contributed by atoms with Crippen molar-refractivity contribution in [3.63, 3.8) is 0 Å². The number of hydrogen-bond donors (Lipinski definition) is 1. The Labute approximate surface area is 112 Å². The van der Waals surface area contributed by atoms with Crippen LogP contribution in [0.1, 0.15) is 23.8 Å². The predicted molar refractivity (Wildman–Crippen MR) is 72.7 cm³/mol. The summed E-state index contributed by atoms with van der Waals surface area (Å²) in [6, 6.07) is 4.38. The van der Waals surface area contributed by atoms with Gasteiger partial charge in [-0.3, -0.25) is 4.79 Å². The zero-order valence-corrected chi connectivity index (χ0v) is 11.7. The number of amides is 1. The van der Waals surface area contributed by atoms with Crippen molar-refractivity contribution in [2.45, 2.75) is 25.0 Å². The summed E-state index contributed by atoms with van der Waals surface area (Å²) in [4.78, 5) is 15.3. The molecule has 0 unspecified atom stereocenters. The summed E-state index contributed by atoms with van der Waals surface area (Å²) in [6.07, 6.45) is 1.59. The van der Waals surface area contributed by atoms with Crippen LogP contribution in [0.2, 0.25) is 0 Å². The Bertz CT molecular complexity index is 372. The van der Waals surface area contributed by atoms with Crippen LogP contribution < -0.4 is 5.32 Å². The fourth-order valence-corrected chi connectivity index (χ4v) is 3.04. The Morgan fingerprint density at radius 1 is 1.67 bits per heavy atom. The number of carbonyl (C=O) groups excluding carboxylic acids is 1. The lowest BCUT2D eigenvalue weighted by Crippen LogP contribution is -2.39. The summed E-state index contributed by atoms with van der Waals surface area (Å²) in [5.41, 5.74) is 0. The SMILES string of the molecule is CN(C)[C@@H](CNC(=O)[C@H]1CCCO1)c1cccs1. The van der Waals surface area contributed by atoms with Gasteiger partial charge in [0.1, 0.15) is 6.10 Å². The van der Waals surface area contributed by atoms with Crippen LogP contribution >= 0.6 is 11.3 Å². The maximum absolute atomic E-state index is 11.9. The number of likely N-dealkylation sites (N-methyl/N-ethyl adjacent to an activating group) is 1. The fourth-order valence-electron chi connectivity index (χ4n) is 2.11. The van der Waals surface area contributed by atoms with Crippen LogP contribution in [0.25, 0.3) is 0 Å². The summed E-state index contributed by atoms with van der Waals surface area (Å²) >= 11 is 1.72. The van der Waals surface area contributed by atoms with Crippen LogP contribution in [0.15, 0.2) is 17.5 Å². The van der Waals surface area contributed by atoms with E-state index < -0.39 is 0 Å². The molecule has 0 saturated carbocycles. The first-order chi connectivity index (χ1) is 8.68. The van der Waals surface area contributed by atoms with E-state index in [2.05, 4.69) is 21.7 Å². The van der Waals surface area contributed by atoms with Gasteiger partial charge in [-0.05, 0) is 38.4 Å². The van der Waals surface area contributed by atoms with Crippen molar-refractivity contribution in [2.75, 3.05) is 27.2 Å². The lowest BCUT2D eigenvalue weighted by molar-refractivity contribution is -0.130. The molecule has 0 radical (unpaired) electrons. The van der Waals surface area contributed by atoms with Gasteiger partial charge in [-0.25, -0.2) is 0 Å². The zero-order valence-electron chi connectivity index (χ0n) is 10.9. The average molecular weight is 268 g/mol. The Kier molecular flexibility index (Phi) is 4.74. The van der Waals surface area contributed by atoms with E-state index >= 15 is 0 Å². The van der Waals surface area contributed by atoms with Gasteiger partial charge >= 0.3 is 0 Å². The highest BCUT2D eigenvalue weighted by Gasteiger charge is 2.24. The summed E-state index contributed by atoms with van der Waals surface area (Å²) in [7, 11) is 4.06. The van der Waals surface area contributed by atoms with Crippen LogP contribution in [0.5, 0.6) is 0 Å². The van der Waals surface area contributed by atoms with E-state index in [4.69, 9.17) is 4.74 Å². The van der Waals surface area contributed by atoms with Gasteiger partial charge in [0.2, 0.25) is 5.91 Å². The molecule has 1 aromatic rings. The smallest absolute Gasteiger partial charge is 0.249 e. The average Bonchev–Trinajstić information content (AvgIpc) is 3.01. The number of carbonyl (C=O) groups is 1. The van der Waals surface area contributed by atoms with Gasteiger partial charge in [0.25, 0.3) is 0 Å². The molecular formula is C13H20N2O2S. The van der Waals surface area contributed by atoms with E-state index in [0.29, 0.717) is 13.2 Å². The normalized spacial score (nSPS) is 21.2. The van der Waals surface area contributed by atoms with Crippen LogP contribution in [0.4, 0.5) is 0 Å². The largest absolute Gasteiger partial charge is 0.368 e. The Morgan fingerprint density at radius 2 is 2.50 bits per heavy atom. The second-order valence-corrected chi connectivity index (χ2v) is 5.72. The van der Waals surface area contributed by atoms with Crippen LogP contribution in [0.3, 0.4) is 0 Å². The molecule has 0 aromatic carbocycles. The molecule has 2 atom stereocenters. The Balaban J connectivity index is 1.88. The molecule has 1 fully saturated rings. The summed E-state index contributed by atoms with van der Waals surface area (Å²) < 4.78 is 5.38. The number of nitrogens with zero attached hydrogens (tertiary/aromatic N) is 1. The molecule has 18 heavy (non-hydrogen) atoms. The number of rotatable bonds is 5. The van der Waals surface area contributed by atoms with Crippen molar-refractivity contribution in [1.29, 1.82) is 0 Å². The predicted octanol–water partition coefficient (Wildman–Crippen LogP) is 1.65. The lowest BCUT2D eigenvalue weighted by atomic mass is 10.2. The van der Waals surface area contributed by atoms with Crippen LogP contribution in [0, 0.1) is 0 Å². The van der Waals surface area contributed by atoms with Gasteiger partial charge in [-0.2, -0.15) is 0 Å². The first kappa shape index (κ1) is 13.5. The molecule has 0 bridgehead atoms. The van der Waals surface area contributed by atoms with E-state index in [1.54, 1.807) is 11.3 Å². The van der Waals surface area contributed by atoms with E-state index in [1.165, 1.54) is 4.88 Å². The minimum Gasteiger partial charge on any atom is -0.368 e. The van der Waals surface area contributed by atoms with E-state index in [-0.39, 0.29) is 18.1 Å². The molecule has 4 nitrogen and oxygen atoms in total. The highest BCUT2D eigenvalue weighted by molar-refractivity contribution is 7.10. The van der Waals surface area contributed by atoms with Crippen molar-refractivity contribution in [3.8, 4) is 0 Å². The third-order valence-corrected chi connectivity index (χ3v) is 4.16. The molecule has 1 saturated heterocycles. The molecular weight excluding hydrogens is 248 g/mol. The second kappa shape index (κ2) is 6.31. The van der Waals surface area contributed by atoms with Crippen LogP contribution in [-0.2, 0) is 9.53 Å². The van der Waals surface area contributed by atoms with E-state index in [0.717, 1.165) is 12.8 Å². The minimum atomic E-state index is -0.240. The summed E-state index contributed by atoms with van der Waals surface area (Å²) in [5, 5.41) is 5.06. The number of ether oxygens (including phenoxy) is 1. The van der Waals surface area contributed by atoms with Crippen molar-refractivity contribution < 1.29 is 9.53 Å². The van der Waals surface area contributed by atoms with Crippen molar-refractivity contribution in [2.24, 2.45) is 0 Å². The van der Waals surface area contributed by atoms with Gasteiger partial charge in [0.15, 0.2) is 0 Å². The summed E-state index contributed by atoms with van der Waals surface area (Å²) in [5.74, 6) is 0.0240. The molecule has 1 amide bonds. The number of hydrogen-bond acceptors (Lipinski definition) is 4. The standard InChI is InChI=1S/C13H20N2O2S/c1-15(2)10(12-6-4-8-18-12)9-14-13(16)11-5-3-7-17-11/h4,6,8,10-11H,3,5,7,9H2,1-2H3,(H,14,16)/t10-,11+/m0/s1. The Morgan fingerprint density at radius 3 is 3.06 bits per heavy atom. The molecule has 100 valence electrons. The van der Waals surface area contributed by atoms with E-state index in [9.17, 15) is 4.79 Å². The van der Waals surface area contributed by atoms with E-state index in [1.807, 2.05) is 20.2 Å². The van der Waals surface area contributed by atoms with Gasteiger partial charge in [-0.15, -0.1) is 11.3 Å². The topological polar surface area (TPSA) is 41.6 Å². The molecule has 1 aliphatic rings. The van der Waals surface area contributed by atoms with Crippen molar-refractivity contribution in [1.82, 2.24) is 10.2 Å². The summed E-state index contributed by atoms with van der Waals surface area (Å²) in [6.45, 7) is 1.34. The molecule has 1 N–H and O–H groups in total. The monoisotopic (exact) mass is 268 g/mol. The maximum atomic E-state index is 11.9. The third-order valence-electron chi connectivity index (χ3n) is 3.19. The molecule has 2 rings (SSSR count). The highest BCUT2D eigenvalue weighted by Crippen LogP contribution is 2.22. The second-order valence-electron chi connectivity index (χ2n) is 4.74. The first-order valence-electron chi connectivity index (χ1n) is 6.27. The quantitative estimate of drug-likeness (QED) is 0.883. The molecule has 1 aliphatic heterocycles. The highest BCUT2D eigenvalue weighted by atomic mass is 32.1. The van der Waals surface area contributed by atoms with Crippen molar-refractivity contribution >= 4 is 17.2 Å². The lowest BCUT2D eigenvalue weighted by Gasteiger charge is -2.24. The van der Waals surface area contributed by atoms with Gasteiger partial charge in [0.05, 0.1) is 6.04 Å². The molecule has 5 heteroatoms. The zero-order chi connectivity index (χ0) is 13.0. The third kappa shape index (κ3) is 3.31. The minimum absolute atomic E-state index is 0.0240.